The number of nitrogens with two attached hydrogens (primary N) is 2. The predicted octanol–water partition coefficient (Wildman–Crippen LogP) is 2.45. The topological polar surface area (TPSA) is 188 Å². The van der Waals surface area contributed by atoms with Crippen LogP contribution in [0.4, 0.5) is 0 Å². The third kappa shape index (κ3) is 12.9. The first-order chi connectivity index (χ1) is 25.1. The van der Waals surface area contributed by atoms with Crippen molar-refractivity contribution in [1.29, 1.82) is 0 Å². The van der Waals surface area contributed by atoms with Gasteiger partial charge in [-0.1, -0.05) is 30.3 Å². The molecule has 3 amide bonds. The number of imide groups is 1. The van der Waals surface area contributed by atoms with Crippen molar-refractivity contribution in [1.82, 2.24) is 14.5 Å². The molecule has 1 unspecified atom stereocenters. The average molecular weight is 726 g/mol. The number of carbonyl (C=O) groups excluding carboxylic acids is 3. The number of imidazole rings is 1. The highest BCUT2D eigenvalue weighted by atomic mass is 16.6. The van der Waals surface area contributed by atoms with E-state index in [4.69, 9.17) is 35.2 Å². The number of hydrogen-bond donors (Lipinski definition) is 3. The lowest BCUT2D eigenvalue weighted by atomic mass is 10.1. The Morgan fingerprint density at radius 3 is 1.98 bits per heavy atom. The molecule has 2 aromatic carbocycles. The standard InChI is InChI=1S/C38H55N5O9/c1-27(31(39)12-15-35(40)44)52-26-30-9-7-28(8-10-30)5-3-17-48-19-21-50-23-24-51-22-20-49-18-4-6-29-11-13-32-34(25-29)42(2)38(47)43(32)33-14-16-36(45)41-37(33)46/h7-11,13,25,27,31,33H,3-6,12,14-24,26,39H2,1-2H3,(H2,40,44)(H,41,45,46)/t27-,31+,33?/m1/s1. The summed E-state index contributed by atoms with van der Waals surface area (Å²) in [5, 5.41) is 2.34. The number of aromatic nitrogens is 2. The lowest BCUT2D eigenvalue weighted by Crippen LogP contribution is -2.44. The minimum Gasteiger partial charge on any atom is -0.379 e. The van der Waals surface area contributed by atoms with E-state index in [0.717, 1.165) is 42.3 Å². The Labute approximate surface area is 305 Å². The second kappa shape index (κ2) is 21.6. The summed E-state index contributed by atoms with van der Waals surface area (Å²) in [6.45, 7) is 6.64. The second-order valence-corrected chi connectivity index (χ2v) is 13.2. The first-order valence-electron chi connectivity index (χ1n) is 18.2. The summed E-state index contributed by atoms with van der Waals surface area (Å²) < 4.78 is 31.5. The second-order valence-electron chi connectivity index (χ2n) is 13.2. The Balaban J connectivity index is 0.959. The van der Waals surface area contributed by atoms with E-state index in [1.165, 1.54) is 10.1 Å². The van der Waals surface area contributed by atoms with E-state index in [0.29, 0.717) is 77.8 Å². The Hall–Kier alpha value is -3.92. The number of hydrogen-bond acceptors (Lipinski definition) is 10. The van der Waals surface area contributed by atoms with Crippen LogP contribution in [0, 0.1) is 0 Å². The van der Waals surface area contributed by atoms with Crippen LogP contribution >= 0.6 is 0 Å². The average Bonchev–Trinajstić information content (AvgIpc) is 3.37. The number of fused-ring (bicyclic) bond motifs is 1. The fourth-order valence-electron chi connectivity index (χ4n) is 6.01. The number of piperidine rings is 1. The maximum atomic E-state index is 12.9. The van der Waals surface area contributed by atoms with Crippen molar-refractivity contribution in [3.63, 3.8) is 0 Å². The van der Waals surface area contributed by atoms with Crippen LogP contribution in [0.1, 0.15) is 68.2 Å². The van der Waals surface area contributed by atoms with Crippen molar-refractivity contribution < 1.29 is 38.1 Å². The molecule has 5 N–H and O–H groups in total. The number of ether oxygens (including phenoxy) is 5. The summed E-state index contributed by atoms with van der Waals surface area (Å²) in [6, 6.07) is 13.2. The molecular weight excluding hydrogens is 670 g/mol. The summed E-state index contributed by atoms with van der Waals surface area (Å²) in [7, 11) is 1.70. The molecule has 0 spiro atoms. The molecule has 1 aliphatic heterocycles. The molecule has 0 aliphatic carbocycles. The molecule has 286 valence electrons. The third-order valence-corrected chi connectivity index (χ3v) is 9.16. The number of carbonyl (C=O) groups is 3. The maximum Gasteiger partial charge on any atom is 0.329 e. The highest BCUT2D eigenvalue weighted by Crippen LogP contribution is 2.24. The molecule has 1 aromatic heterocycles. The molecule has 52 heavy (non-hydrogen) atoms. The van der Waals surface area contributed by atoms with E-state index in [1.807, 2.05) is 25.1 Å². The molecule has 0 bridgehead atoms. The first kappa shape index (κ1) is 40.8. The smallest absolute Gasteiger partial charge is 0.329 e. The van der Waals surface area contributed by atoms with Gasteiger partial charge in [0.25, 0.3) is 0 Å². The van der Waals surface area contributed by atoms with Gasteiger partial charge in [-0.25, -0.2) is 4.79 Å². The van der Waals surface area contributed by atoms with Gasteiger partial charge in [-0.3, -0.25) is 28.8 Å². The molecule has 0 radical (unpaired) electrons. The molecule has 14 heteroatoms. The molecule has 3 aromatic rings. The lowest BCUT2D eigenvalue weighted by Gasteiger charge is -2.21. The van der Waals surface area contributed by atoms with Gasteiger partial charge in [-0.2, -0.15) is 0 Å². The van der Waals surface area contributed by atoms with Gasteiger partial charge in [0.05, 0.1) is 63.4 Å². The maximum absolute atomic E-state index is 12.9. The number of rotatable bonds is 25. The molecule has 1 fully saturated rings. The van der Waals surface area contributed by atoms with Crippen molar-refractivity contribution in [3.8, 4) is 0 Å². The fourth-order valence-corrected chi connectivity index (χ4v) is 6.01. The van der Waals surface area contributed by atoms with Crippen LogP contribution in [-0.2, 0) is 64.6 Å². The van der Waals surface area contributed by atoms with Crippen LogP contribution in [-0.4, -0.2) is 91.9 Å². The van der Waals surface area contributed by atoms with Gasteiger partial charge in [0, 0.05) is 39.1 Å². The van der Waals surface area contributed by atoms with Crippen molar-refractivity contribution in [2.24, 2.45) is 18.5 Å². The largest absolute Gasteiger partial charge is 0.379 e. The van der Waals surface area contributed by atoms with Gasteiger partial charge in [0.15, 0.2) is 0 Å². The molecule has 4 rings (SSSR count). The number of nitrogens with one attached hydrogen (secondary N) is 1. The van der Waals surface area contributed by atoms with E-state index in [9.17, 15) is 19.2 Å². The normalized spacial score (nSPS) is 15.9. The van der Waals surface area contributed by atoms with Crippen molar-refractivity contribution in [2.75, 3.05) is 52.9 Å². The number of nitrogens with zero attached hydrogens (tertiary/aromatic N) is 2. The number of primary amides is 1. The lowest BCUT2D eigenvalue weighted by molar-refractivity contribution is -0.135. The van der Waals surface area contributed by atoms with Crippen LogP contribution in [0.15, 0.2) is 47.3 Å². The summed E-state index contributed by atoms with van der Waals surface area (Å²) in [4.78, 5) is 47.8. The zero-order valence-corrected chi connectivity index (χ0v) is 30.5. The van der Waals surface area contributed by atoms with Gasteiger partial charge >= 0.3 is 5.69 Å². The SMILES string of the molecule is C[C@@H](OCc1ccc(CCCOCCOCCOCCOCCCc2ccc3c(c2)n(C)c(=O)n3C2CCC(=O)NC2=O)cc1)[C@@H](N)CCC(N)=O. The van der Waals surface area contributed by atoms with Gasteiger partial charge in [0.2, 0.25) is 17.7 Å². The van der Waals surface area contributed by atoms with E-state index in [1.54, 1.807) is 11.6 Å². The number of benzene rings is 2. The predicted molar refractivity (Wildman–Crippen MR) is 196 cm³/mol. The quantitative estimate of drug-likeness (QED) is 0.0865. The molecule has 14 nitrogen and oxygen atoms in total. The Morgan fingerprint density at radius 1 is 0.827 bits per heavy atom. The van der Waals surface area contributed by atoms with E-state index in [-0.39, 0.29) is 42.5 Å². The Bertz CT molecular complexity index is 1640. The summed E-state index contributed by atoms with van der Waals surface area (Å²) in [6.07, 6.45) is 4.58. The third-order valence-electron chi connectivity index (χ3n) is 9.16. The highest BCUT2D eigenvalue weighted by molar-refractivity contribution is 6.00. The van der Waals surface area contributed by atoms with Crippen LogP contribution in [0.5, 0.6) is 0 Å². The summed E-state index contributed by atoms with van der Waals surface area (Å²) >= 11 is 0. The summed E-state index contributed by atoms with van der Waals surface area (Å²) in [5.74, 6) is -1.09. The van der Waals surface area contributed by atoms with Gasteiger partial charge < -0.3 is 35.2 Å². The Morgan fingerprint density at radius 2 is 1.38 bits per heavy atom. The van der Waals surface area contributed by atoms with Crippen molar-refractivity contribution in [2.45, 2.75) is 83.1 Å². The number of amides is 3. The van der Waals surface area contributed by atoms with Crippen LogP contribution < -0.4 is 22.5 Å². The molecule has 0 saturated carbocycles. The monoisotopic (exact) mass is 725 g/mol. The van der Waals surface area contributed by atoms with Crippen molar-refractivity contribution >= 4 is 28.8 Å². The minimum atomic E-state index is -0.689. The van der Waals surface area contributed by atoms with Crippen LogP contribution in [0.3, 0.4) is 0 Å². The number of aryl methyl sites for hydroxylation is 3. The van der Waals surface area contributed by atoms with Crippen molar-refractivity contribution in [3.05, 3.63) is 69.6 Å². The zero-order chi connectivity index (χ0) is 37.3. The van der Waals surface area contributed by atoms with Gasteiger partial charge in [-0.15, -0.1) is 0 Å². The van der Waals surface area contributed by atoms with E-state index in [2.05, 4.69) is 29.6 Å². The van der Waals surface area contributed by atoms with Crippen LogP contribution in [0.25, 0.3) is 11.0 Å². The molecule has 1 saturated heterocycles. The van der Waals surface area contributed by atoms with E-state index >= 15 is 0 Å². The van der Waals surface area contributed by atoms with Gasteiger partial charge in [0.1, 0.15) is 6.04 Å². The zero-order valence-electron chi connectivity index (χ0n) is 30.5. The van der Waals surface area contributed by atoms with E-state index < -0.39 is 11.9 Å². The van der Waals surface area contributed by atoms with Crippen LogP contribution in [0.2, 0.25) is 0 Å². The van der Waals surface area contributed by atoms with Gasteiger partial charge in [-0.05, 0) is 74.3 Å². The fraction of sp³-hybridized carbons (Fsp3) is 0.579. The molecular formula is C38H55N5O9. The highest BCUT2D eigenvalue weighted by Gasteiger charge is 2.31. The summed E-state index contributed by atoms with van der Waals surface area (Å²) in [5.41, 5.74) is 15.8. The Kier molecular flexibility index (Phi) is 16.9. The molecule has 3 atom stereocenters. The molecule has 2 heterocycles. The minimum absolute atomic E-state index is 0.163. The molecule has 1 aliphatic rings. The first-order valence-corrected chi connectivity index (χ1v) is 18.2.